The molecule has 0 heterocycles. The van der Waals surface area contributed by atoms with Crippen LogP contribution in [0.2, 0.25) is 0 Å². The Morgan fingerprint density at radius 3 is 1.75 bits per heavy atom. The maximum atomic E-state index is 12.8. The molecule has 0 saturated heterocycles. The fraction of sp³-hybridized carbons (Fsp3) is 0.278. The number of anilines is 1. The lowest BCUT2D eigenvalue weighted by Gasteiger charge is -2.15. The number of rotatable bonds is 6. The molecule has 2 aromatic carbocycles. The quantitative estimate of drug-likeness (QED) is 0.675. The van der Waals surface area contributed by atoms with Gasteiger partial charge < -0.3 is 14.8 Å². The molecule has 0 radical (unpaired) electrons. The van der Waals surface area contributed by atoms with Crippen LogP contribution in [0.15, 0.2) is 42.5 Å². The monoisotopic (exact) mass is 407 g/mol. The fourth-order valence-electron chi connectivity index (χ4n) is 2.17. The van der Waals surface area contributed by atoms with Crippen LogP contribution in [0, 0.1) is 0 Å². The van der Waals surface area contributed by atoms with E-state index < -0.39 is 41.7 Å². The van der Waals surface area contributed by atoms with Crippen molar-refractivity contribution in [2.24, 2.45) is 0 Å². The van der Waals surface area contributed by atoms with Gasteiger partial charge in [-0.05, 0) is 49.4 Å². The first-order chi connectivity index (χ1) is 13.0. The number of benzene rings is 2. The van der Waals surface area contributed by atoms with Gasteiger partial charge in [-0.25, -0.2) is 0 Å². The van der Waals surface area contributed by atoms with Crippen molar-refractivity contribution in [2.45, 2.75) is 19.3 Å². The highest BCUT2D eigenvalue weighted by atomic mass is 19.4. The van der Waals surface area contributed by atoms with E-state index in [9.17, 15) is 31.1 Å². The van der Waals surface area contributed by atoms with Crippen LogP contribution in [-0.2, 0) is 17.1 Å². The Balaban J connectivity index is 2.08. The second-order valence-electron chi connectivity index (χ2n) is 5.54. The predicted octanol–water partition coefficient (Wildman–Crippen LogP) is 5.14. The molecule has 0 unspecified atom stereocenters. The number of hydrogen-bond donors (Lipinski definition) is 1. The predicted molar refractivity (Wildman–Crippen MR) is 88.2 cm³/mol. The van der Waals surface area contributed by atoms with E-state index in [4.69, 9.17) is 9.47 Å². The maximum Gasteiger partial charge on any atom is 0.416 e. The highest BCUT2D eigenvalue weighted by Gasteiger charge is 2.37. The Morgan fingerprint density at radius 1 is 0.857 bits per heavy atom. The van der Waals surface area contributed by atoms with Crippen molar-refractivity contribution in [1.29, 1.82) is 0 Å². The molecule has 28 heavy (non-hydrogen) atoms. The van der Waals surface area contributed by atoms with Crippen LogP contribution in [0.5, 0.6) is 11.5 Å². The second-order valence-corrected chi connectivity index (χ2v) is 5.54. The number of amides is 1. The molecular weight excluding hydrogens is 392 g/mol. The van der Waals surface area contributed by atoms with E-state index in [2.05, 4.69) is 0 Å². The molecule has 0 bridgehead atoms. The van der Waals surface area contributed by atoms with Gasteiger partial charge in [-0.3, -0.25) is 4.79 Å². The number of ether oxygens (including phenoxy) is 2. The molecule has 0 saturated carbocycles. The third-order valence-electron chi connectivity index (χ3n) is 3.38. The Hall–Kier alpha value is -2.91. The third-order valence-corrected chi connectivity index (χ3v) is 3.38. The number of carbonyl (C=O) groups excluding carboxylic acids is 1. The lowest BCUT2D eigenvalue weighted by atomic mass is 10.1. The Bertz CT molecular complexity index is 783. The summed E-state index contributed by atoms with van der Waals surface area (Å²) < 4.78 is 87.3. The lowest BCUT2D eigenvalue weighted by molar-refractivity contribution is -0.143. The van der Waals surface area contributed by atoms with Crippen molar-refractivity contribution in [2.75, 3.05) is 18.5 Å². The molecule has 0 aliphatic rings. The fourth-order valence-corrected chi connectivity index (χ4v) is 2.17. The Labute approximate surface area is 156 Å². The molecule has 2 rings (SSSR count). The average Bonchev–Trinajstić information content (AvgIpc) is 2.59. The van der Waals surface area contributed by atoms with Gasteiger partial charge in [0.2, 0.25) is 0 Å². The summed E-state index contributed by atoms with van der Waals surface area (Å²) in [6.45, 7) is 1.65. The molecule has 1 amide bonds. The van der Waals surface area contributed by atoms with E-state index in [1.165, 1.54) is 12.1 Å². The molecule has 4 nitrogen and oxygen atoms in total. The summed E-state index contributed by atoms with van der Waals surface area (Å²) in [6, 6.07) is 6.99. The second kappa shape index (κ2) is 8.41. The Kier molecular flexibility index (Phi) is 6.42. The van der Waals surface area contributed by atoms with E-state index in [1.807, 2.05) is 5.32 Å². The van der Waals surface area contributed by atoms with Gasteiger partial charge in [-0.15, -0.1) is 0 Å². The standard InChI is InChI=1S/C18H15F6NO3/c1-2-27-14-3-5-15(6-4-14)28-10-16(26)25-13-8-11(17(19,20)21)7-12(9-13)18(22,23)24/h3-9H,2,10H2,1H3,(H,25,26). The van der Waals surface area contributed by atoms with Gasteiger partial charge in [-0.1, -0.05) is 0 Å². The number of nitrogens with one attached hydrogen (secondary N) is 1. The minimum Gasteiger partial charge on any atom is -0.494 e. The first-order valence-corrected chi connectivity index (χ1v) is 7.94. The van der Waals surface area contributed by atoms with Crippen LogP contribution in [0.1, 0.15) is 18.1 Å². The van der Waals surface area contributed by atoms with Gasteiger partial charge in [0.05, 0.1) is 17.7 Å². The van der Waals surface area contributed by atoms with Crippen molar-refractivity contribution in [3.05, 3.63) is 53.6 Å². The molecule has 152 valence electrons. The molecule has 0 aliphatic heterocycles. The molecule has 10 heteroatoms. The van der Waals surface area contributed by atoms with Crippen molar-refractivity contribution in [3.63, 3.8) is 0 Å². The van der Waals surface area contributed by atoms with Crippen LogP contribution < -0.4 is 14.8 Å². The highest BCUT2D eigenvalue weighted by molar-refractivity contribution is 5.92. The molecular formula is C18H15F6NO3. The van der Waals surface area contributed by atoms with E-state index in [0.29, 0.717) is 24.5 Å². The average molecular weight is 407 g/mol. The van der Waals surface area contributed by atoms with Gasteiger partial charge in [0.15, 0.2) is 6.61 Å². The number of alkyl halides is 6. The van der Waals surface area contributed by atoms with Gasteiger partial charge in [0.25, 0.3) is 5.91 Å². The molecule has 0 aromatic heterocycles. The first kappa shape index (κ1) is 21.4. The molecule has 0 atom stereocenters. The third kappa shape index (κ3) is 6.07. The molecule has 2 aromatic rings. The van der Waals surface area contributed by atoms with Crippen LogP contribution in [0.3, 0.4) is 0 Å². The zero-order chi connectivity index (χ0) is 20.9. The molecule has 0 aliphatic carbocycles. The van der Waals surface area contributed by atoms with Crippen molar-refractivity contribution < 1.29 is 40.6 Å². The summed E-state index contributed by atoms with van der Waals surface area (Å²) in [5.41, 5.74) is -3.68. The van der Waals surface area contributed by atoms with Crippen LogP contribution in [0.4, 0.5) is 32.0 Å². The summed E-state index contributed by atoms with van der Waals surface area (Å²) >= 11 is 0. The summed E-state index contributed by atoms with van der Waals surface area (Å²) in [5, 5.41) is 1.98. The number of hydrogen-bond acceptors (Lipinski definition) is 3. The normalized spacial score (nSPS) is 11.8. The van der Waals surface area contributed by atoms with E-state index in [0.717, 1.165) is 0 Å². The Morgan fingerprint density at radius 2 is 1.32 bits per heavy atom. The minimum atomic E-state index is -5.00. The van der Waals surface area contributed by atoms with Crippen molar-refractivity contribution >= 4 is 11.6 Å². The van der Waals surface area contributed by atoms with Gasteiger partial charge in [-0.2, -0.15) is 26.3 Å². The molecule has 1 N–H and O–H groups in total. The lowest BCUT2D eigenvalue weighted by Crippen LogP contribution is -2.21. The smallest absolute Gasteiger partial charge is 0.416 e. The van der Waals surface area contributed by atoms with Gasteiger partial charge >= 0.3 is 12.4 Å². The van der Waals surface area contributed by atoms with Crippen LogP contribution in [-0.4, -0.2) is 19.1 Å². The van der Waals surface area contributed by atoms with E-state index in [1.54, 1.807) is 19.1 Å². The van der Waals surface area contributed by atoms with Crippen LogP contribution in [0.25, 0.3) is 0 Å². The van der Waals surface area contributed by atoms with Gasteiger partial charge in [0, 0.05) is 5.69 Å². The minimum absolute atomic E-state index is 0.0217. The SMILES string of the molecule is CCOc1ccc(OCC(=O)Nc2cc(C(F)(F)F)cc(C(F)(F)F)c2)cc1. The number of carbonyl (C=O) groups is 1. The van der Waals surface area contributed by atoms with Crippen LogP contribution >= 0.6 is 0 Å². The summed E-state index contributed by atoms with van der Waals surface area (Å²) in [6.07, 6.45) is -10.0. The van der Waals surface area contributed by atoms with E-state index in [-0.39, 0.29) is 11.8 Å². The molecule has 0 spiro atoms. The largest absolute Gasteiger partial charge is 0.494 e. The highest BCUT2D eigenvalue weighted by Crippen LogP contribution is 2.37. The summed E-state index contributed by atoms with van der Waals surface area (Å²) in [4.78, 5) is 11.9. The maximum absolute atomic E-state index is 12.8. The van der Waals surface area contributed by atoms with Crippen molar-refractivity contribution in [3.8, 4) is 11.5 Å². The zero-order valence-electron chi connectivity index (χ0n) is 14.4. The topological polar surface area (TPSA) is 47.6 Å². The summed E-state index contributed by atoms with van der Waals surface area (Å²) in [5.74, 6) is -0.0668. The van der Waals surface area contributed by atoms with E-state index >= 15 is 0 Å². The first-order valence-electron chi connectivity index (χ1n) is 7.94. The molecule has 0 fully saturated rings. The summed E-state index contributed by atoms with van der Waals surface area (Å²) in [7, 11) is 0. The zero-order valence-corrected chi connectivity index (χ0v) is 14.4. The van der Waals surface area contributed by atoms with Gasteiger partial charge in [0.1, 0.15) is 11.5 Å². The number of halogens is 6. The van der Waals surface area contributed by atoms with Crippen molar-refractivity contribution in [1.82, 2.24) is 0 Å².